The highest BCUT2D eigenvalue weighted by Crippen LogP contribution is 2.36. The van der Waals surface area contributed by atoms with Crippen molar-refractivity contribution >= 4 is 0 Å². The van der Waals surface area contributed by atoms with Gasteiger partial charge in [-0.3, -0.25) is 0 Å². The highest BCUT2D eigenvalue weighted by Gasteiger charge is 2.40. The van der Waals surface area contributed by atoms with E-state index in [9.17, 15) is 0 Å². The fourth-order valence-corrected chi connectivity index (χ4v) is 3.45. The standard InChI is InChI=1S/C15H32N2/c1-13(2)9-10-14(16-3)15(17(4)5)11-7-6-8-12-15/h13-14,16H,6-12H2,1-5H3. The van der Waals surface area contributed by atoms with Crippen molar-refractivity contribution in [3.05, 3.63) is 0 Å². The molecule has 0 radical (unpaired) electrons. The van der Waals surface area contributed by atoms with Gasteiger partial charge >= 0.3 is 0 Å². The van der Waals surface area contributed by atoms with Gasteiger partial charge in [-0.25, -0.2) is 0 Å². The van der Waals surface area contributed by atoms with E-state index < -0.39 is 0 Å². The van der Waals surface area contributed by atoms with Crippen molar-refractivity contribution in [2.75, 3.05) is 21.1 Å². The Morgan fingerprint density at radius 3 is 2.06 bits per heavy atom. The fraction of sp³-hybridized carbons (Fsp3) is 1.00. The Kier molecular flexibility index (Phi) is 5.94. The van der Waals surface area contributed by atoms with Crippen LogP contribution in [-0.4, -0.2) is 37.6 Å². The van der Waals surface area contributed by atoms with Gasteiger partial charge in [-0.1, -0.05) is 33.1 Å². The molecule has 102 valence electrons. The van der Waals surface area contributed by atoms with Gasteiger partial charge < -0.3 is 10.2 Å². The SMILES string of the molecule is CNC(CCC(C)C)C1(N(C)C)CCCCC1. The third-order valence-electron chi connectivity index (χ3n) is 4.64. The summed E-state index contributed by atoms with van der Waals surface area (Å²) in [6.07, 6.45) is 9.60. The van der Waals surface area contributed by atoms with Crippen molar-refractivity contribution in [1.82, 2.24) is 10.2 Å². The Morgan fingerprint density at radius 1 is 1.06 bits per heavy atom. The molecule has 1 saturated carbocycles. The van der Waals surface area contributed by atoms with E-state index in [4.69, 9.17) is 0 Å². The molecule has 0 amide bonds. The van der Waals surface area contributed by atoms with Crippen LogP contribution in [0.4, 0.5) is 0 Å². The van der Waals surface area contributed by atoms with Crippen molar-refractivity contribution in [3.63, 3.8) is 0 Å². The number of hydrogen-bond acceptors (Lipinski definition) is 2. The van der Waals surface area contributed by atoms with Crippen LogP contribution in [0.25, 0.3) is 0 Å². The van der Waals surface area contributed by atoms with E-state index >= 15 is 0 Å². The van der Waals surface area contributed by atoms with Gasteiger partial charge in [0.25, 0.3) is 0 Å². The lowest BCUT2D eigenvalue weighted by Gasteiger charge is -2.49. The van der Waals surface area contributed by atoms with Crippen LogP contribution in [0.3, 0.4) is 0 Å². The number of likely N-dealkylation sites (N-methyl/N-ethyl adjacent to an activating group) is 2. The van der Waals surface area contributed by atoms with E-state index in [2.05, 4.69) is 45.2 Å². The van der Waals surface area contributed by atoms with E-state index in [1.807, 2.05) is 0 Å². The molecule has 0 aliphatic heterocycles. The molecule has 1 aliphatic carbocycles. The summed E-state index contributed by atoms with van der Waals surface area (Å²) < 4.78 is 0. The summed E-state index contributed by atoms with van der Waals surface area (Å²) in [5.41, 5.74) is 0.405. The predicted octanol–water partition coefficient (Wildman–Crippen LogP) is 3.28. The molecule has 0 aromatic heterocycles. The Balaban J connectivity index is 2.71. The summed E-state index contributed by atoms with van der Waals surface area (Å²) >= 11 is 0. The maximum atomic E-state index is 3.61. The van der Waals surface area contributed by atoms with E-state index in [0.29, 0.717) is 11.6 Å². The molecule has 2 heteroatoms. The summed E-state index contributed by atoms with van der Waals surface area (Å²) in [4.78, 5) is 2.49. The van der Waals surface area contributed by atoms with Crippen molar-refractivity contribution < 1.29 is 0 Å². The smallest absolute Gasteiger partial charge is 0.0356 e. The number of nitrogens with zero attached hydrogens (tertiary/aromatic N) is 1. The average molecular weight is 240 g/mol. The van der Waals surface area contributed by atoms with Crippen LogP contribution < -0.4 is 5.32 Å². The molecule has 2 nitrogen and oxygen atoms in total. The number of hydrogen-bond donors (Lipinski definition) is 1. The zero-order chi connectivity index (χ0) is 12.9. The summed E-state index contributed by atoms with van der Waals surface area (Å²) in [5, 5.41) is 3.61. The second-order valence-corrected chi connectivity index (χ2v) is 6.37. The molecule has 0 aromatic carbocycles. The van der Waals surface area contributed by atoms with Crippen LogP contribution in [0.5, 0.6) is 0 Å². The minimum absolute atomic E-state index is 0.405. The van der Waals surface area contributed by atoms with Gasteiger partial charge in [0.05, 0.1) is 0 Å². The van der Waals surface area contributed by atoms with Crippen LogP contribution >= 0.6 is 0 Å². The minimum Gasteiger partial charge on any atom is -0.315 e. The third-order valence-corrected chi connectivity index (χ3v) is 4.64. The minimum atomic E-state index is 0.405. The van der Waals surface area contributed by atoms with Gasteiger partial charge in [0, 0.05) is 11.6 Å². The molecule has 0 aromatic rings. The lowest BCUT2D eigenvalue weighted by atomic mass is 9.73. The highest BCUT2D eigenvalue weighted by molar-refractivity contribution is 5.00. The zero-order valence-corrected chi connectivity index (χ0v) is 12.6. The molecule has 0 saturated heterocycles. The van der Waals surface area contributed by atoms with E-state index in [1.165, 1.54) is 44.9 Å². The molecule has 1 aliphatic rings. The molecular formula is C15H32N2. The Labute approximate surface area is 108 Å². The Bertz CT molecular complexity index is 205. The van der Waals surface area contributed by atoms with E-state index in [-0.39, 0.29) is 0 Å². The first kappa shape index (κ1) is 15.0. The second-order valence-electron chi connectivity index (χ2n) is 6.37. The van der Waals surface area contributed by atoms with Gasteiger partial charge in [-0.05, 0) is 52.7 Å². The topological polar surface area (TPSA) is 15.3 Å². The highest BCUT2D eigenvalue weighted by atomic mass is 15.2. The van der Waals surface area contributed by atoms with Crippen molar-refractivity contribution in [2.24, 2.45) is 5.92 Å². The number of rotatable bonds is 6. The summed E-state index contributed by atoms with van der Waals surface area (Å²) in [7, 11) is 6.68. The van der Waals surface area contributed by atoms with Gasteiger partial charge in [0.2, 0.25) is 0 Å². The Morgan fingerprint density at radius 2 is 1.65 bits per heavy atom. The van der Waals surface area contributed by atoms with Gasteiger partial charge in [0.1, 0.15) is 0 Å². The van der Waals surface area contributed by atoms with Gasteiger partial charge in [-0.2, -0.15) is 0 Å². The van der Waals surface area contributed by atoms with Crippen molar-refractivity contribution in [1.29, 1.82) is 0 Å². The first-order valence-electron chi connectivity index (χ1n) is 7.37. The molecule has 17 heavy (non-hydrogen) atoms. The summed E-state index contributed by atoms with van der Waals surface area (Å²) in [5.74, 6) is 0.814. The maximum absolute atomic E-state index is 3.61. The van der Waals surface area contributed by atoms with Crippen LogP contribution in [-0.2, 0) is 0 Å². The molecular weight excluding hydrogens is 208 g/mol. The first-order valence-corrected chi connectivity index (χ1v) is 7.37. The zero-order valence-electron chi connectivity index (χ0n) is 12.6. The van der Waals surface area contributed by atoms with E-state index in [1.54, 1.807) is 0 Å². The molecule has 1 fully saturated rings. The van der Waals surface area contributed by atoms with E-state index in [0.717, 1.165) is 5.92 Å². The second kappa shape index (κ2) is 6.75. The lowest BCUT2D eigenvalue weighted by Crippen LogP contribution is -2.59. The van der Waals surface area contributed by atoms with Crippen molar-refractivity contribution in [2.45, 2.75) is 70.4 Å². The molecule has 0 heterocycles. The van der Waals surface area contributed by atoms with Crippen LogP contribution in [0.2, 0.25) is 0 Å². The molecule has 1 unspecified atom stereocenters. The summed E-state index contributed by atoms with van der Waals surface area (Å²) in [6, 6.07) is 0.653. The van der Waals surface area contributed by atoms with Crippen LogP contribution in [0.1, 0.15) is 58.8 Å². The van der Waals surface area contributed by atoms with Crippen LogP contribution in [0.15, 0.2) is 0 Å². The lowest BCUT2D eigenvalue weighted by molar-refractivity contribution is 0.0544. The third kappa shape index (κ3) is 3.69. The molecule has 1 atom stereocenters. The molecule has 1 rings (SSSR count). The quantitative estimate of drug-likeness (QED) is 0.766. The monoisotopic (exact) mass is 240 g/mol. The van der Waals surface area contributed by atoms with Crippen molar-refractivity contribution in [3.8, 4) is 0 Å². The summed E-state index contributed by atoms with van der Waals surface area (Å²) in [6.45, 7) is 4.66. The normalized spacial score (nSPS) is 22.1. The molecule has 1 N–H and O–H groups in total. The van der Waals surface area contributed by atoms with Gasteiger partial charge in [-0.15, -0.1) is 0 Å². The van der Waals surface area contributed by atoms with Crippen LogP contribution in [0, 0.1) is 5.92 Å². The Hall–Kier alpha value is -0.0800. The van der Waals surface area contributed by atoms with Gasteiger partial charge in [0.15, 0.2) is 0 Å². The molecule has 0 spiro atoms. The largest absolute Gasteiger partial charge is 0.315 e. The average Bonchev–Trinajstić information content (AvgIpc) is 2.30. The number of nitrogens with one attached hydrogen (secondary N) is 1. The molecule has 0 bridgehead atoms. The fourth-order valence-electron chi connectivity index (χ4n) is 3.45. The first-order chi connectivity index (χ1) is 8.03. The maximum Gasteiger partial charge on any atom is 0.0356 e. The predicted molar refractivity (Wildman–Crippen MR) is 76.4 cm³/mol.